The number of rotatable bonds is 4. The lowest BCUT2D eigenvalue weighted by Gasteiger charge is -2.33. The molecule has 1 atom stereocenters. The van der Waals surface area contributed by atoms with Crippen LogP contribution in [0.1, 0.15) is 34.6 Å². The average molecular weight is 451 g/mol. The maximum absolute atomic E-state index is 13.8. The van der Waals surface area contributed by atoms with Crippen molar-refractivity contribution in [3.63, 3.8) is 0 Å². The number of nitrogens with zero attached hydrogens (tertiary/aromatic N) is 4. The van der Waals surface area contributed by atoms with Gasteiger partial charge in [0.2, 0.25) is 0 Å². The van der Waals surface area contributed by atoms with Crippen LogP contribution in [0.5, 0.6) is 0 Å². The molecule has 170 valence electrons. The van der Waals surface area contributed by atoms with Crippen molar-refractivity contribution >= 4 is 16.8 Å². The van der Waals surface area contributed by atoms with Crippen LogP contribution in [0.3, 0.4) is 0 Å². The minimum Gasteiger partial charge on any atom is -0.345 e. The molecule has 33 heavy (non-hydrogen) atoms. The lowest BCUT2D eigenvalue weighted by Crippen LogP contribution is -2.38. The number of carbonyl (C=O) groups is 1. The Hall–Kier alpha value is -3.55. The van der Waals surface area contributed by atoms with Gasteiger partial charge in [-0.05, 0) is 49.7 Å². The summed E-state index contributed by atoms with van der Waals surface area (Å²) in [5.41, 5.74) is 4.16. The Bertz CT molecular complexity index is 1350. The molecule has 0 spiro atoms. The largest absolute Gasteiger partial charge is 0.345 e. The van der Waals surface area contributed by atoms with Gasteiger partial charge in [-0.15, -0.1) is 0 Å². The third-order valence-electron chi connectivity index (χ3n) is 6.38. The number of aromatic nitrogens is 3. The molecular weight excluding hydrogens is 428 g/mol. The normalized spacial score (nSPS) is 15.8. The van der Waals surface area contributed by atoms with E-state index in [0.29, 0.717) is 29.8 Å². The highest BCUT2D eigenvalue weighted by atomic mass is 19.1. The summed E-state index contributed by atoms with van der Waals surface area (Å²) in [6, 6.07) is 10.5. The number of carbonyl (C=O) groups excluding carboxylic acids is 1. The summed E-state index contributed by atoms with van der Waals surface area (Å²) >= 11 is 0. The van der Waals surface area contributed by atoms with Crippen LogP contribution >= 0.6 is 0 Å². The van der Waals surface area contributed by atoms with E-state index in [4.69, 9.17) is 0 Å². The van der Waals surface area contributed by atoms with E-state index >= 15 is 0 Å². The first-order valence-corrected chi connectivity index (χ1v) is 10.9. The van der Waals surface area contributed by atoms with Crippen molar-refractivity contribution in [1.29, 1.82) is 0 Å². The van der Waals surface area contributed by atoms with Gasteiger partial charge in [0.25, 0.3) is 5.91 Å². The molecule has 0 aliphatic carbocycles. The number of fused-ring (bicyclic) bond motifs is 2. The first kappa shape index (κ1) is 21.3. The zero-order valence-electron chi connectivity index (χ0n) is 18.4. The van der Waals surface area contributed by atoms with E-state index in [2.05, 4.69) is 5.10 Å². The first-order chi connectivity index (χ1) is 15.9. The average Bonchev–Trinajstić information content (AvgIpc) is 3.33. The molecule has 5 rings (SSSR count). The molecule has 2 aromatic carbocycles. The highest BCUT2D eigenvalue weighted by molar-refractivity contribution is 5.98. The number of aryl methyl sites for hydroxylation is 2. The Morgan fingerprint density at radius 2 is 1.88 bits per heavy atom. The number of alkyl halides is 1. The summed E-state index contributed by atoms with van der Waals surface area (Å²) in [5, 5.41) is 5.49. The van der Waals surface area contributed by atoms with E-state index in [9.17, 15) is 18.0 Å². The molecule has 4 aromatic rings. The molecule has 0 radical (unpaired) electrons. The van der Waals surface area contributed by atoms with Crippen LogP contribution in [-0.2, 0) is 20.0 Å². The van der Waals surface area contributed by atoms with Crippen molar-refractivity contribution in [2.75, 3.05) is 13.2 Å². The summed E-state index contributed by atoms with van der Waals surface area (Å²) in [4.78, 5) is 15.1. The molecule has 1 amide bonds. The second kappa shape index (κ2) is 8.10. The van der Waals surface area contributed by atoms with Gasteiger partial charge in [0, 0.05) is 53.4 Å². The highest BCUT2D eigenvalue weighted by Gasteiger charge is 2.33. The minimum absolute atomic E-state index is 0.114. The molecule has 0 fully saturated rings. The van der Waals surface area contributed by atoms with Crippen LogP contribution in [0.25, 0.3) is 22.2 Å². The molecule has 2 aromatic heterocycles. The second-order valence-corrected chi connectivity index (χ2v) is 8.39. The van der Waals surface area contributed by atoms with Crippen molar-refractivity contribution in [2.45, 2.75) is 25.9 Å². The lowest BCUT2D eigenvalue weighted by molar-refractivity contribution is 0.0674. The Morgan fingerprint density at radius 1 is 1.12 bits per heavy atom. The second-order valence-electron chi connectivity index (χ2n) is 8.39. The van der Waals surface area contributed by atoms with Gasteiger partial charge in [-0.2, -0.15) is 5.10 Å². The zero-order valence-corrected chi connectivity index (χ0v) is 18.4. The zero-order chi connectivity index (χ0) is 23.3. The van der Waals surface area contributed by atoms with E-state index in [1.165, 1.54) is 12.1 Å². The number of halogens is 3. The van der Waals surface area contributed by atoms with Crippen molar-refractivity contribution in [3.05, 3.63) is 77.1 Å². The Morgan fingerprint density at radius 3 is 2.61 bits per heavy atom. The maximum atomic E-state index is 13.8. The van der Waals surface area contributed by atoms with Gasteiger partial charge in [-0.1, -0.05) is 0 Å². The number of hydrogen-bond acceptors (Lipinski definition) is 2. The van der Waals surface area contributed by atoms with E-state index in [1.807, 2.05) is 35.9 Å². The van der Waals surface area contributed by atoms with Crippen molar-refractivity contribution in [1.82, 2.24) is 19.2 Å². The molecular formula is C25H23F3N4O. The van der Waals surface area contributed by atoms with Crippen molar-refractivity contribution in [3.8, 4) is 11.3 Å². The Labute approximate surface area is 189 Å². The molecule has 1 aliphatic heterocycles. The number of amides is 1. The predicted molar refractivity (Wildman–Crippen MR) is 120 cm³/mol. The third kappa shape index (κ3) is 3.59. The predicted octanol–water partition coefficient (Wildman–Crippen LogP) is 5.05. The van der Waals surface area contributed by atoms with Gasteiger partial charge < -0.3 is 9.47 Å². The van der Waals surface area contributed by atoms with Gasteiger partial charge in [-0.3, -0.25) is 9.48 Å². The molecule has 1 aliphatic rings. The lowest BCUT2D eigenvalue weighted by atomic mass is 9.95. The van der Waals surface area contributed by atoms with E-state index in [-0.39, 0.29) is 18.5 Å². The van der Waals surface area contributed by atoms with Crippen LogP contribution in [0.15, 0.2) is 48.7 Å². The smallest absolute Gasteiger partial charge is 0.254 e. The summed E-state index contributed by atoms with van der Waals surface area (Å²) in [7, 11) is 1.74. The van der Waals surface area contributed by atoms with Crippen LogP contribution in [-0.4, -0.2) is 38.4 Å². The van der Waals surface area contributed by atoms with Crippen LogP contribution < -0.4 is 0 Å². The third-order valence-corrected chi connectivity index (χ3v) is 6.38. The molecule has 0 saturated carbocycles. The fourth-order valence-electron chi connectivity index (χ4n) is 4.86. The molecule has 0 saturated heterocycles. The van der Waals surface area contributed by atoms with E-state index < -0.39 is 18.3 Å². The van der Waals surface area contributed by atoms with E-state index in [1.54, 1.807) is 22.7 Å². The van der Waals surface area contributed by atoms with Gasteiger partial charge in [0.05, 0.1) is 24.0 Å². The topological polar surface area (TPSA) is 43.1 Å². The summed E-state index contributed by atoms with van der Waals surface area (Å²) < 4.78 is 43.9. The summed E-state index contributed by atoms with van der Waals surface area (Å²) in [6.07, 6.45) is 2.35. The summed E-state index contributed by atoms with van der Waals surface area (Å²) in [5.74, 6) is -1.40. The fourth-order valence-corrected chi connectivity index (χ4v) is 4.86. The molecule has 3 heterocycles. The van der Waals surface area contributed by atoms with Crippen LogP contribution in [0.2, 0.25) is 0 Å². The van der Waals surface area contributed by atoms with Crippen molar-refractivity contribution < 1.29 is 18.0 Å². The van der Waals surface area contributed by atoms with Gasteiger partial charge in [0.1, 0.15) is 18.3 Å². The first-order valence-electron chi connectivity index (χ1n) is 10.9. The standard InChI is InChI=1S/C25H23F3N4O/c1-15-23-21(24(30(2)29-23)18-12-19(27)14-20(28)13-18)6-9-32(15)25(33)17-3-4-22-16(11-17)5-8-31(22)10-7-26/h3-5,8,11-15H,6-7,9-10H2,1-2H3/t15-/m0/s1/i26-1. The quantitative estimate of drug-likeness (QED) is 0.436. The molecule has 0 bridgehead atoms. The minimum atomic E-state index is -0.642. The maximum Gasteiger partial charge on any atom is 0.254 e. The fraction of sp³-hybridized carbons (Fsp3) is 0.280. The Kier molecular flexibility index (Phi) is 5.23. The van der Waals surface area contributed by atoms with Gasteiger partial charge in [0.15, 0.2) is 0 Å². The van der Waals surface area contributed by atoms with Crippen molar-refractivity contribution in [2.24, 2.45) is 7.05 Å². The molecule has 8 heteroatoms. The van der Waals surface area contributed by atoms with Gasteiger partial charge >= 0.3 is 0 Å². The number of benzene rings is 2. The van der Waals surface area contributed by atoms with E-state index in [0.717, 1.165) is 28.2 Å². The highest BCUT2D eigenvalue weighted by Crippen LogP contribution is 2.36. The Balaban J connectivity index is 1.47. The molecule has 0 unspecified atom stereocenters. The summed E-state index contributed by atoms with van der Waals surface area (Å²) in [6.45, 7) is 2.20. The monoisotopic (exact) mass is 451 g/mol. The van der Waals surface area contributed by atoms with Crippen LogP contribution in [0, 0.1) is 11.6 Å². The molecule has 5 nitrogen and oxygen atoms in total. The SMILES string of the molecule is C[C@H]1c2nn(C)c(-c3cc(F)cc(F)c3)c2CCN1C(=O)c1ccc2c(ccn2CC[18F])c1. The van der Waals surface area contributed by atoms with Gasteiger partial charge in [-0.25, -0.2) is 13.2 Å². The number of hydrogen-bond donors (Lipinski definition) is 0. The van der Waals surface area contributed by atoms with Crippen LogP contribution in [0.4, 0.5) is 13.2 Å². The molecule has 0 N–H and O–H groups in total.